The Morgan fingerprint density at radius 3 is 2.83 bits per heavy atom. The second kappa shape index (κ2) is 4.82. The number of hydrogen-bond donors (Lipinski definition) is 1. The van der Waals surface area contributed by atoms with Crippen LogP contribution in [0.3, 0.4) is 0 Å². The van der Waals surface area contributed by atoms with E-state index in [9.17, 15) is 10.1 Å². The third-order valence-corrected chi connectivity index (χ3v) is 2.39. The van der Waals surface area contributed by atoms with Gasteiger partial charge in [-0.2, -0.15) is 0 Å². The average molecular weight is 248 g/mol. The topological polar surface area (TPSA) is 94.1 Å². The Labute approximate surface area is 103 Å². The Balaban J connectivity index is 2.10. The second-order valence-electron chi connectivity index (χ2n) is 3.90. The van der Waals surface area contributed by atoms with Crippen LogP contribution in [0.25, 0.3) is 0 Å². The van der Waals surface area contributed by atoms with Gasteiger partial charge in [0.1, 0.15) is 5.82 Å². The van der Waals surface area contributed by atoms with Gasteiger partial charge in [0.15, 0.2) is 5.76 Å². The highest BCUT2D eigenvalue weighted by molar-refractivity contribution is 5.48. The summed E-state index contributed by atoms with van der Waals surface area (Å²) in [6.45, 7) is 3.85. The van der Waals surface area contributed by atoms with Gasteiger partial charge in [-0.3, -0.25) is 10.1 Å². The summed E-state index contributed by atoms with van der Waals surface area (Å²) in [6.07, 6.45) is 1.46. The zero-order chi connectivity index (χ0) is 13.1. The third kappa shape index (κ3) is 2.62. The quantitative estimate of drug-likeness (QED) is 0.658. The van der Waals surface area contributed by atoms with Gasteiger partial charge in [-0.15, -0.1) is 0 Å². The Morgan fingerprint density at radius 1 is 1.44 bits per heavy atom. The summed E-state index contributed by atoms with van der Waals surface area (Å²) < 4.78 is 5.01. The Morgan fingerprint density at radius 2 is 2.22 bits per heavy atom. The highest BCUT2D eigenvalue weighted by Gasteiger charge is 2.12. The molecular weight excluding hydrogens is 236 g/mol. The van der Waals surface area contributed by atoms with Gasteiger partial charge in [0.2, 0.25) is 0 Å². The first kappa shape index (κ1) is 12.0. The van der Waals surface area contributed by atoms with Crippen molar-refractivity contribution in [2.24, 2.45) is 0 Å². The fourth-order valence-electron chi connectivity index (χ4n) is 1.48. The fourth-order valence-corrected chi connectivity index (χ4v) is 1.48. The Hall–Kier alpha value is -2.44. The minimum Gasteiger partial charge on any atom is -0.362 e. The molecule has 2 aromatic heterocycles. The lowest BCUT2D eigenvalue weighted by atomic mass is 10.2. The van der Waals surface area contributed by atoms with Crippen molar-refractivity contribution < 1.29 is 9.45 Å². The molecule has 0 spiro atoms. The van der Waals surface area contributed by atoms with Crippen LogP contribution in [0.15, 0.2) is 22.9 Å². The van der Waals surface area contributed by atoms with E-state index >= 15 is 0 Å². The molecule has 0 radical (unpaired) electrons. The van der Waals surface area contributed by atoms with Gasteiger partial charge < -0.3 is 9.84 Å². The molecule has 0 aliphatic rings. The molecule has 0 aliphatic heterocycles. The summed E-state index contributed by atoms with van der Waals surface area (Å²) in [5, 5.41) is 17.5. The molecule has 0 aromatic carbocycles. The zero-order valence-electron chi connectivity index (χ0n) is 10.0. The second-order valence-corrected chi connectivity index (χ2v) is 3.90. The zero-order valence-corrected chi connectivity index (χ0v) is 10.0. The first-order valence-corrected chi connectivity index (χ1v) is 5.33. The van der Waals surface area contributed by atoms with Crippen molar-refractivity contribution in [3.05, 3.63) is 45.5 Å². The van der Waals surface area contributed by atoms with Crippen LogP contribution >= 0.6 is 0 Å². The maximum Gasteiger partial charge on any atom is 0.277 e. The lowest BCUT2D eigenvalue weighted by Crippen LogP contribution is -2.02. The lowest BCUT2D eigenvalue weighted by molar-refractivity contribution is -0.385. The molecule has 0 saturated carbocycles. The molecule has 2 rings (SSSR count). The van der Waals surface area contributed by atoms with Crippen molar-refractivity contribution in [1.82, 2.24) is 10.1 Å². The normalized spacial score (nSPS) is 10.3. The molecule has 0 aliphatic carbocycles. The number of rotatable bonds is 4. The molecule has 0 atom stereocenters. The number of pyridine rings is 1. The molecule has 18 heavy (non-hydrogen) atoms. The molecular formula is C11H12N4O3. The van der Waals surface area contributed by atoms with E-state index < -0.39 is 4.92 Å². The molecule has 0 saturated heterocycles. The van der Waals surface area contributed by atoms with Crippen molar-refractivity contribution in [1.29, 1.82) is 0 Å². The number of nitrogens with zero attached hydrogens (tertiary/aromatic N) is 3. The standard InChI is InChI=1S/C11H12N4O3/c1-7-5-12-11(4-10(7)15(16)17)13-6-9-3-8(2)14-18-9/h3-5H,6H2,1-2H3,(H,12,13). The molecule has 0 fully saturated rings. The monoisotopic (exact) mass is 248 g/mol. The molecule has 7 heteroatoms. The van der Waals surface area contributed by atoms with Crippen LogP contribution in [0.4, 0.5) is 11.5 Å². The molecule has 2 aromatic rings. The number of aryl methyl sites for hydroxylation is 2. The first-order valence-electron chi connectivity index (χ1n) is 5.33. The summed E-state index contributed by atoms with van der Waals surface area (Å²) in [4.78, 5) is 14.4. The number of nitrogens with one attached hydrogen (secondary N) is 1. The van der Waals surface area contributed by atoms with E-state index in [1.807, 2.05) is 6.92 Å². The van der Waals surface area contributed by atoms with Crippen LogP contribution < -0.4 is 5.32 Å². The Kier molecular flexibility index (Phi) is 3.22. The van der Waals surface area contributed by atoms with Crippen LogP contribution in [0.1, 0.15) is 17.0 Å². The number of hydrogen-bond acceptors (Lipinski definition) is 6. The minimum absolute atomic E-state index is 0.0428. The van der Waals surface area contributed by atoms with Crippen LogP contribution in [0, 0.1) is 24.0 Å². The van der Waals surface area contributed by atoms with Gasteiger partial charge in [-0.25, -0.2) is 4.98 Å². The van der Waals surface area contributed by atoms with Crippen LogP contribution in [0.2, 0.25) is 0 Å². The molecule has 0 bridgehead atoms. The molecule has 94 valence electrons. The van der Waals surface area contributed by atoms with Gasteiger partial charge in [0.25, 0.3) is 5.69 Å². The van der Waals surface area contributed by atoms with E-state index in [-0.39, 0.29) is 5.69 Å². The van der Waals surface area contributed by atoms with E-state index in [2.05, 4.69) is 15.5 Å². The molecule has 1 N–H and O–H groups in total. The van der Waals surface area contributed by atoms with Gasteiger partial charge in [-0.1, -0.05) is 5.16 Å². The van der Waals surface area contributed by atoms with Crippen molar-refractivity contribution in [3.8, 4) is 0 Å². The van der Waals surface area contributed by atoms with E-state index in [1.165, 1.54) is 12.3 Å². The lowest BCUT2D eigenvalue weighted by Gasteiger charge is -2.03. The van der Waals surface area contributed by atoms with Crippen LogP contribution in [-0.2, 0) is 6.54 Å². The number of aromatic nitrogens is 2. The Bertz CT molecular complexity index is 579. The van der Waals surface area contributed by atoms with Gasteiger partial charge in [0, 0.05) is 17.8 Å². The van der Waals surface area contributed by atoms with Crippen molar-refractivity contribution in [3.63, 3.8) is 0 Å². The number of anilines is 1. The summed E-state index contributed by atoms with van der Waals surface area (Å²) in [5.74, 6) is 1.08. The molecule has 0 amide bonds. The SMILES string of the molecule is Cc1cc(CNc2cc([N+](=O)[O-])c(C)cn2)on1. The predicted octanol–water partition coefficient (Wildman–Crippen LogP) is 2.21. The largest absolute Gasteiger partial charge is 0.362 e. The van der Waals surface area contributed by atoms with E-state index in [4.69, 9.17) is 4.52 Å². The molecule has 7 nitrogen and oxygen atoms in total. The smallest absolute Gasteiger partial charge is 0.277 e. The predicted molar refractivity (Wildman–Crippen MR) is 64.2 cm³/mol. The average Bonchev–Trinajstić information content (AvgIpc) is 2.74. The minimum atomic E-state index is -0.430. The molecule has 2 heterocycles. The highest BCUT2D eigenvalue weighted by atomic mass is 16.6. The summed E-state index contributed by atoms with van der Waals surface area (Å²) in [7, 11) is 0. The van der Waals surface area contributed by atoms with Crippen molar-refractivity contribution >= 4 is 11.5 Å². The number of nitro groups is 1. The summed E-state index contributed by atoms with van der Waals surface area (Å²) >= 11 is 0. The van der Waals surface area contributed by atoms with E-state index in [0.717, 1.165) is 5.69 Å². The van der Waals surface area contributed by atoms with E-state index in [0.29, 0.717) is 23.7 Å². The maximum absolute atomic E-state index is 10.8. The molecule has 0 unspecified atom stereocenters. The van der Waals surface area contributed by atoms with Gasteiger partial charge in [0.05, 0.1) is 23.2 Å². The van der Waals surface area contributed by atoms with Crippen LogP contribution in [-0.4, -0.2) is 15.1 Å². The van der Waals surface area contributed by atoms with Crippen molar-refractivity contribution in [2.75, 3.05) is 5.32 Å². The maximum atomic E-state index is 10.8. The third-order valence-electron chi connectivity index (χ3n) is 2.39. The highest BCUT2D eigenvalue weighted by Crippen LogP contribution is 2.20. The van der Waals surface area contributed by atoms with Crippen molar-refractivity contribution in [2.45, 2.75) is 20.4 Å². The van der Waals surface area contributed by atoms with E-state index in [1.54, 1.807) is 13.0 Å². The van der Waals surface area contributed by atoms with Gasteiger partial charge >= 0.3 is 0 Å². The summed E-state index contributed by atoms with van der Waals surface area (Å²) in [5.41, 5.74) is 1.36. The van der Waals surface area contributed by atoms with Crippen LogP contribution in [0.5, 0.6) is 0 Å². The fraction of sp³-hybridized carbons (Fsp3) is 0.273. The van der Waals surface area contributed by atoms with Gasteiger partial charge in [-0.05, 0) is 13.8 Å². The summed E-state index contributed by atoms with van der Waals surface area (Å²) in [6, 6.07) is 3.19. The first-order chi connectivity index (χ1) is 8.56.